The van der Waals surface area contributed by atoms with Crippen LogP contribution in [0, 0.1) is 5.92 Å². The quantitative estimate of drug-likeness (QED) is 0.832. The summed E-state index contributed by atoms with van der Waals surface area (Å²) in [6, 6.07) is 7.63. The predicted molar refractivity (Wildman–Crippen MR) is 76.4 cm³/mol. The first-order chi connectivity index (χ1) is 9.66. The number of carbonyl (C=O) groups excluding carboxylic acids is 2. The highest BCUT2D eigenvalue weighted by molar-refractivity contribution is 6.09. The van der Waals surface area contributed by atoms with Crippen LogP contribution in [-0.2, 0) is 11.2 Å². The SMILES string of the molecule is CC1CCCNC1CN1C(=O)Cc2ccccc2C1=O. The van der Waals surface area contributed by atoms with Gasteiger partial charge in [-0.05, 0) is 36.9 Å². The van der Waals surface area contributed by atoms with E-state index in [1.807, 2.05) is 24.3 Å². The minimum atomic E-state index is -0.142. The number of amides is 2. The Labute approximate surface area is 119 Å². The van der Waals surface area contributed by atoms with Crippen LogP contribution in [0.1, 0.15) is 35.7 Å². The lowest BCUT2D eigenvalue weighted by Crippen LogP contribution is -2.53. The molecule has 2 heterocycles. The number of nitrogens with one attached hydrogen (secondary N) is 1. The third kappa shape index (κ3) is 2.36. The van der Waals surface area contributed by atoms with Crippen molar-refractivity contribution in [1.82, 2.24) is 10.2 Å². The molecule has 0 bridgehead atoms. The van der Waals surface area contributed by atoms with Gasteiger partial charge in [-0.15, -0.1) is 0 Å². The van der Waals surface area contributed by atoms with Crippen LogP contribution in [0.25, 0.3) is 0 Å². The molecule has 0 aromatic heterocycles. The topological polar surface area (TPSA) is 49.4 Å². The summed E-state index contributed by atoms with van der Waals surface area (Å²) >= 11 is 0. The van der Waals surface area contributed by atoms with Gasteiger partial charge in [-0.1, -0.05) is 25.1 Å². The van der Waals surface area contributed by atoms with Crippen molar-refractivity contribution in [2.45, 2.75) is 32.2 Å². The lowest BCUT2D eigenvalue weighted by atomic mass is 9.91. The number of carbonyl (C=O) groups is 2. The molecular formula is C16H20N2O2. The van der Waals surface area contributed by atoms with Gasteiger partial charge in [-0.2, -0.15) is 0 Å². The van der Waals surface area contributed by atoms with E-state index in [0.717, 1.165) is 18.5 Å². The number of benzene rings is 1. The Morgan fingerprint density at radius 2 is 2.10 bits per heavy atom. The number of nitrogens with zero attached hydrogens (tertiary/aromatic N) is 1. The van der Waals surface area contributed by atoms with Gasteiger partial charge in [0, 0.05) is 18.2 Å². The molecule has 20 heavy (non-hydrogen) atoms. The van der Waals surface area contributed by atoms with Gasteiger partial charge in [0.25, 0.3) is 5.91 Å². The van der Waals surface area contributed by atoms with Crippen LogP contribution in [0.5, 0.6) is 0 Å². The molecule has 0 saturated carbocycles. The lowest BCUT2D eigenvalue weighted by Gasteiger charge is -2.35. The van der Waals surface area contributed by atoms with Crippen molar-refractivity contribution in [1.29, 1.82) is 0 Å². The van der Waals surface area contributed by atoms with Crippen molar-refractivity contribution in [2.75, 3.05) is 13.1 Å². The second-order valence-electron chi connectivity index (χ2n) is 5.82. The Bertz CT molecular complexity index is 541. The highest BCUT2D eigenvalue weighted by Gasteiger charge is 2.33. The lowest BCUT2D eigenvalue weighted by molar-refractivity contribution is -0.128. The van der Waals surface area contributed by atoms with Crippen LogP contribution in [0.3, 0.4) is 0 Å². The number of rotatable bonds is 2. The third-order valence-corrected chi connectivity index (χ3v) is 4.44. The first kappa shape index (κ1) is 13.3. The standard InChI is InChI=1S/C16H20N2O2/c1-11-5-4-8-17-14(11)10-18-15(19)9-12-6-2-3-7-13(12)16(18)20/h2-3,6-7,11,14,17H,4-5,8-10H2,1H3. The predicted octanol–water partition coefficient (Wildman–Crippen LogP) is 1.60. The molecule has 4 heteroatoms. The zero-order valence-corrected chi connectivity index (χ0v) is 11.8. The third-order valence-electron chi connectivity index (χ3n) is 4.44. The van der Waals surface area contributed by atoms with Crippen LogP contribution < -0.4 is 5.32 Å². The molecule has 2 aliphatic rings. The van der Waals surface area contributed by atoms with Crippen LogP contribution in [0.2, 0.25) is 0 Å². The van der Waals surface area contributed by atoms with Crippen molar-refractivity contribution in [3.8, 4) is 0 Å². The summed E-state index contributed by atoms with van der Waals surface area (Å²) in [5.74, 6) is 0.284. The van der Waals surface area contributed by atoms with Crippen LogP contribution in [0.4, 0.5) is 0 Å². The van der Waals surface area contributed by atoms with Crippen molar-refractivity contribution in [3.05, 3.63) is 35.4 Å². The molecule has 3 rings (SSSR count). The molecule has 4 nitrogen and oxygen atoms in total. The summed E-state index contributed by atoms with van der Waals surface area (Å²) in [4.78, 5) is 26.1. The fraction of sp³-hybridized carbons (Fsp3) is 0.500. The van der Waals surface area contributed by atoms with Gasteiger partial charge in [0.15, 0.2) is 0 Å². The van der Waals surface area contributed by atoms with Crippen molar-refractivity contribution in [2.24, 2.45) is 5.92 Å². The minimum absolute atomic E-state index is 0.0757. The Balaban J connectivity index is 1.80. The van der Waals surface area contributed by atoms with E-state index in [1.165, 1.54) is 11.3 Å². The molecule has 1 aromatic rings. The van der Waals surface area contributed by atoms with Gasteiger partial charge in [-0.25, -0.2) is 0 Å². The molecule has 2 unspecified atom stereocenters. The molecule has 1 aromatic carbocycles. The summed E-state index contributed by atoms with van der Waals surface area (Å²) < 4.78 is 0. The molecule has 1 fully saturated rings. The van der Waals surface area contributed by atoms with Crippen molar-refractivity contribution < 1.29 is 9.59 Å². The monoisotopic (exact) mass is 272 g/mol. The Hall–Kier alpha value is -1.68. The molecule has 0 radical (unpaired) electrons. The number of imide groups is 1. The maximum Gasteiger partial charge on any atom is 0.260 e. The van der Waals surface area contributed by atoms with E-state index in [4.69, 9.17) is 0 Å². The van der Waals surface area contributed by atoms with E-state index < -0.39 is 0 Å². The first-order valence-electron chi connectivity index (χ1n) is 7.33. The summed E-state index contributed by atoms with van der Waals surface area (Å²) in [5.41, 5.74) is 1.53. The molecule has 1 saturated heterocycles. The normalized spacial score (nSPS) is 26.6. The number of hydrogen-bond donors (Lipinski definition) is 1. The van der Waals surface area contributed by atoms with Crippen molar-refractivity contribution in [3.63, 3.8) is 0 Å². The van der Waals surface area contributed by atoms with E-state index >= 15 is 0 Å². The summed E-state index contributed by atoms with van der Waals surface area (Å²) in [5, 5.41) is 3.44. The Morgan fingerprint density at radius 1 is 1.30 bits per heavy atom. The number of hydrogen-bond acceptors (Lipinski definition) is 3. The summed E-state index contributed by atoms with van der Waals surface area (Å²) in [7, 11) is 0. The first-order valence-corrected chi connectivity index (χ1v) is 7.33. The zero-order valence-electron chi connectivity index (χ0n) is 11.8. The molecule has 0 aliphatic carbocycles. The maximum atomic E-state index is 12.5. The maximum absolute atomic E-state index is 12.5. The van der Waals surface area contributed by atoms with Gasteiger partial charge in [0.05, 0.1) is 6.42 Å². The van der Waals surface area contributed by atoms with E-state index in [-0.39, 0.29) is 17.9 Å². The minimum Gasteiger partial charge on any atom is -0.312 e. The molecule has 0 spiro atoms. The Morgan fingerprint density at radius 3 is 2.90 bits per heavy atom. The zero-order chi connectivity index (χ0) is 14.1. The average molecular weight is 272 g/mol. The van der Waals surface area contributed by atoms with E-state index in [1.54, 1.807) is 0 Å². The number of fused-ring (bicyclic) bond motifs is 1. The van der Waals surface area contributed by atoms with Crippen LogP contribution in [-0.4, -0.2) is 35.8 Å². The molecular weight excluding hydrogens is 252 g/mol. The summed E-state index contributed by atoms with van der Waals surface area (Å²) in [6.07, 6.45) is 2.66. The number of piperidine rings is 1. The van der Waals surface area contributed by atoms with E-state index in [2.05, 4.69) is 12.2 Å². The molecule has 2 aliphatic heterocycles. The molecule has 106 valence electrons. The van der Waals surface area contributed by atoms with Gasteiger partial charge in [0.2, 0.25) is 5.91 Å². The van der Waals surface area contributed by atoms with Gasteiger partial charge < -0.3 is 5.32 Å². The summed E-state index contributed by atoms with van der Waals surface area (Å²) in [6.45, 7) is 3.65. The van der Waals surface area contributed by atoms with Gasteiger partial charge in [0.1, 0.15) is 0 Å². The smallest absolute Gasteiger partial charge is 0.260 e. The molecule has 1 N–H and O–H groups in total. The fourth-order valence-electron chi connectivity index (χ4n) is 3.14. The fourth-order valence-corrected chi connectivity index (χ4v) is 3.14. The highest BCUT2D eigenvalue weighted by Crippen LogP contribution is 2.22. The Kier molecular flexibility index (Phi) is 3.57. The van der Waals surface area contributed by atoms with Crippen molar-refractivity contribution >= 4 is 11.8 Å². The second kappa shape index (κ2) is 5.37. The van der Waals surface area contributed by atoms with E-state index in [0.29, 0.717) is 24.4 Å². The average Bonchev–Trinajstić information content (AvgIpc) is 2.45. The second-order valence-corrected chi connectivity index (χ2v) is 5.82. The van der Waals surface area contributed by atoms with Crippen LogP contribution >= 0.6 is 0 Å². The molecule has 2 amide bonds. The van der Waals surface area contributed by atoms with Gasteiger partial charge >= 0.3 is 0 Å². The van der Waals surface area contributed by atoms with Crippen LogP contribution in [0.15, 0.2) is 24.3 Å². The largest absolute Gasteiger partial charge is 0.312 e. The highest BCUT2D eigenvalue weighted by atomic mass is 16.2. The van der Waals surface area contributed by atoms with Gasteiger partial charge in [-0.3, -0.25) is 14.5 Å². The molecule has 2 atom stereocenters. The van der Waals surface area contributed by atoms with E-state index in [9.17, 15) is 9.59 Å².